The Morgan fingerprint density at radius 3 is 2.64 bits per heavy atom. The molecule has 0 fully saturated rings. The summed E-state index contributed by atoms with van der Waals surface area (Å²) in [5, 5.41) is 0. The molecule has 0 radical (unpaired) electrons. The molecule has 1 atom stereocenters. The first-order valence-corrected chi connectivity index (χ1v) is 3.45. The molecule has 0 aliphatic rings. The molecule has 1 aromatic heterocycles. The summed E-state index contributed by atoms with van der Waals surface area (Å²) in [5.41, 5.74) is 5.60. The van der Waals surface area contributed by atoms with Crippen molar-refractivity contribution in [2.45, 2.75) is 19.5 Å². The molecule has 64 valence electrons. The monoisotopic (exact) mass is 220 g/mol. The van der Waals surface area contributed by atoms with E-state index in [4.69, 9.17) is 5.73 Å². The smallest absolute Gasteiger partial charge is 0.243 e. The first-order chi connectivity index (χ1) is 4.68. The molecule has 1 rings (SSSR count). The van der Waals surface area contributed by atoms with E-state index in [9.17, 15) is 0 Å². The number of hydrogen-bond acceptors (Lipinski definition) is 1. The lowest BCUT2D eigenvalue weighted by molar-refractivity contribution is -0.671. The van der Waals surface area contributed by atoms with Gasteiger partial charge in [-0.2, -0.15) is 0 Å². The van der Waals surface area contributed by atoms with Gasteiger partial charge in [0.05, 0.1) is 7.05 Å². The highest BCUT2D eigenvalue weighted by atomic mass is 79.9. The Bertz CT molecular complexity index is 207. The standard InChI is InChI=1S/C7H14N3.BrH/c1-7(8)5-10-4-3-9(2)6-10;/h3-4,6-7H,5,8H2,1-2H3;1H/q+1;. The van der Waals surface area contributed by atoms with E-state index in [1.807, 2.05) is 37.3 Å². The molecular formula is C7H15BrN3+. The minimum absolute atomic E-state index is 0. The Labute approximate surface area is 77.6 Å². The van der Waals surface area contributed by atoms with Crippen molar-refractivity contribution in [1.29, 1.82) is 0 Å². The maximum absolute atomic E-state index is 5.60. The molecule has 0 amide bonds. The van der Waals surface area contributed by atoms with Crippen LogP contribution in [0.1, 0.15) is 6.92 Å². The van der Waals surface area contributed by atoms with E-state index in [2.05, 4.69) is 4.57 Å². The molecule has 0 aromatic carbocycles. The lowest BCUT2D eigenvalue weighted by Gasteiger charge is -1.98. The Kier molecular flexibility index (Phi) is 4.37. The molecule has 3 nitrogen and oxygen atoms in total. The molecule has 0 saturated carbocycles. The summed E-state index contributed by atoms with van der Waals surface area (Å²) >= 11 is 0. The van der Waals surface area contributed by atoms with Gasteiger partial charge in [-0.1, -0.05) is 0 Å². The fourth-order valence-electron chi connectivity index (χ4n) is 0.942. The number of halogens is 1. The van der Waals surface area contributed by atoms with Gasteiger partial charge in [-0.25, -0.2) is 9.13 Å². The van der Waals surface area contributed by atoms with Crippen molar-refractivity contribution in [2.75, 3.05) is 0 Å². The molecule has 1 unspecified atom stereocenters. The van der Waals surface area contributed by atoms with E-state index in [0.29, 0.717) is 0 Å². The van der Waals surface area contributed by atoms with Gasteiger partial charge in [-0.15, -0.1) is 17.0 Å². The van der Waals surface area contributed by atoms with Gasteiger partial charge in [0.25, 0.3) is 0 Å². The second-order valence-electron chi connectivity index (χ2n) is 2.75. The number of nitrogens with two attached hydrogens (primary N) is 1. The average molecular weight is 221 g/mol. The SMILES string of the molecule is Br.CC(N)Cn1cc[n+](C)c1. The highest BCUT2D eigenvalue weighted by Gasteiger charge is 2.01. The van der Waals surface area contributed by atoms with E-state index in [-0.39, 0.29) is 23.0 Å². The summed E-state index contributed by atoms with van der Waals surface area (Å²) in [7, 11) is 2.00. The predicted octanol–water partition coefficient (Wildman–Crippen LogP) is 0.238. The van der Waals surface area contributed by atoms with E-state index >= 15 is 0 Å². The van der Waals surface area contributed by atoms with Crippen LogP contribution in [0.5, 0.6) is 0 Å². The van der Waals surface area contributed by atoms with Gasteiger partial charge in [0.15, 0.2) is 0 Å². The summed E-state index contributed by atoms with van der Waals surface area (Å²) in [4.78, 5) is 0. The average Bonchev–Trinajstić information content (AvgIpc) is 2.13. The van der Waals surface area contributed by atoms with Gasteiger partial charge in [0.2, 0.25) is 6.33 Å². The molecule has 11 heavy (non-hydrogen) atoms. The van der Waals surface area contributed by atoms with Crippen LogP contribution in [0.15, 0.2) is 18.7 Å². The molecular weight excluding hydrogens is 206 g/mol. The van der Waals surface area contributed by atoms with Gasteiger partial charge in [-0.3, -0.25) is 0 Å². The third-order valence-electron chi connectivity index (χ3n) is 1.32. The first kappa shape index (κ1) is 10.7. The molecule has 2 N–H and O–H groups in total. The fraction of sp³-hybridized carbons (Fsp3) is 0.571. The minimum atomic E-state index is 0. The van der Waals surface area contributed by atoms with Crippen LogP contribution in [-0.4, -0.2) is 10.6 Å². The summed E-state index contributed by atoms with van der Waals surface area (Å²) < 4.78 is 4.08. The highest BCUT2D eigenvalue weighted by Crippen LogP contribution is 1.85. The summed E-state index contributed by atoms with van der Waals surface area (Å²) in [6.07, 6.45) is 6.04. The second kappa shape index (κ2) is 4.51. The van der Waals surface area contributed by atoms with Crippen LogP contribution >= 0.6 is 17.0 Å². The first-order valence-electron chi connectivity index (χ1n) is 3.45. The zero-order chi connectivity index (χ0) is 7.56. The van der Waals surface area contributed by atoms with Crippen LogP contribution in [0.2, 0.25) is 0 Å². The van der Waals surface area contributed by atoms with Gasteiger partial charge >= 0.3 is 0 Å². The molecule has 0 aliphatic carbocycles. The minimum Gasteiger partial charge on any atom is -0.325 e. The molecule has 1 aromatic rings. The van der Waals surface area contributed by atoms with Crippen LogP contribution < -0.4 is 10.3 Å². The third kappa shape index (κ3) is 3.53. The van der Waals surface area contributed by atoms with E-state index in [1.54, 1.807) is 0 Å². The van der Waals surface area contributed by atoms with Crippen molar-refractivity contribution in [3.63, 3.8) is 0 Å². The van der Waals surface area contributed by atoms with Gasteiger partial charge in [0, 0.05) is 6.04 Å². The third-order valence-corrected chi connectivity index (χ3v) is 1.32. The van der Waals surface area contributed by atoms with E-state index in [0.717, 1.165) is 6.54 Å². The van der Waals surface area contributed by atoms with E-state index in [1.165, 1.54) is 0 Å². The normalized spacial score (nSPS) is 12.3. The van der Waals surface area contributed by atoms with Crippen molar-refractivity contribution >= 4 is 17.0 Å². The van der Waals surface area contributed by atoms with Gasteiger partial charge in [0.1, 0.15) is 18.9 Å². The number of imidazole rings is 1. The molecule has 4 heteroatoms. The van der Waals surface area contributed by atoms with Crippen molar-refractivity contribution in [1.82, 2.24) is 4.57 Å². The lowest BCUT2D eigenvalue weighted by Crippen LogP contribution is -2.26. The van der Waals surface area contributed by atoms with Gasteiger partial charge in [-0.05, 0) is 6.92 Å². The molecule has 0 saturated heterocycles. The Balaban J connectivity index is 0.000001000. The van der Waals surface area contributed by atoms with Crippen LogP contribution in [0.3, 0.4) is 0 Å². The van der Waals surface area contributed by atoms with Crippen molar-refractivity contribution in [3.8, 4) is 0 Å². The number of rotatable bonds is 2. The Morgan fingerprint density at radius 2 is 2.27 bits per heavy atom. The quantitative estimate of drug-likeness (QED) is 0.713. The van der Waals surface area contributed by atoms with Gasteiger partial charge < -0.3 is 5.73 Å². The molecule has 1 heterocycles. The number of aromatic nitrogens is 2. The van der Waals surface area contributed by atoms with Crippen LogP contribution in [-0.2, 0) is 13.6 Å². The van der Waals surface area contributed by atoms with Crippen LogP contribution in [0, 0.1) is 0 Å². The largest absolute Gasteiger partial charge is 0.325 e. The van der Waals surface area contributed by atoms with E-state index < -0.39 is 0 Å². The number of hydrogen-bond donors (Lipinski definition) is 1. The second-order valence-corrected chi connectivity index (χ2v) is 2.75. The summed E-state index contributed by atoms with van der Waals surface area (Å²) in [6.45, 7) is 2.89. The Morgan fingerprint density at radius 1 is 1.64 bits per heavy atom. The summed E-state index contributed by atoms with van der Waals surface area (Å²) in [5.74, 6) is 0. The fourth-order valence-corrected chi connectivity index (χ4v) is 0.942. The zero-order valence-corrected chi connectivity index (χ0v) is 8.61. The number of aryl methyl sites for hydroxylation is 1. The molecule has 0 spiro atoms. The topological polar surface area (TPSA) is 34.8 Å². The highest BCUT2D eigenvalue weighted by molar-refractivity contribution is 8.93. The maximum atomic E-state index is 5.60. The predicted molar refractivity (Wildman–Crippen MR) is 49.6 cm³/mol. The lowest BCUT2D eigenvalue weighted by atomic mass is 10.4. The Hall–Kier alpha value is -0.350. The van der Waals surface area contributed by atoms with Crippen LogP contribution in [0.4, 0.5) is 0 Å². The molecule has 0 bridgehead atoms. The van der Waals surface area contributed by atoms with Crippen molar-refractivity contribution in [3.05, 3.63) is 18.7 Å². The van der Waals surface area contributed by atoms with Crippen LogP contribution in [0.25, 0.3) is 0 Å². The van der Waals surface area contributed by atoms with Crippen molar-refractivity contribution < 1.29 is 4.57 Å². The zero-order valence-electron chi connectivity index (χ0n) is 6.90. The number of nitrogens with zero attached hydrogens (tertiary/aromatic N) is 2. The maximum Gasteiger partial charge on any atom is 0.243 e. The van der Waals surface area contributed by atoms with Crippen molar-refractivity contribution in [2.24, 2.45) is 12.8 Å². The summed E-state index contributed by atoms with van der Waals surface area (Å²) in [6, 6.07) is 0.229. The molecule has 0 aliphatic heterocycles.